The number of sulfonamides is 1. The number of nitrogens with zero attached hydrogens (tertiary/aromatic N) is 3. The topological polar surface area (TPSA) is 161 Å². The Bertz CT molecular complexity index is 1640. The van der Waals surface area contributed by atoms with Crippen LogP contribution in [0.3, 0.4) is 0 Å². The SMILES string of the molecule is CC(C)(C)OC(=O)NCc1c(Cl)cnn(CC(=O)Nc2ccc(C(F)(F)F)c(S(=O)(=O)NCCc3ccccn3)c2)c1=O. The van der Waals surface area contributed by atoms with Crippen molar-refractivity contribution >= 4 is 39.3 Å². The van der Waals surface area contributed by atoms with Crippen molar-refractivity contribution < 1.29 is 35.9 Å². The highest BCUT2D eigenvalue weighted by atomic mass is 35.5. The van der Waals surface area contributed by atoms with Gasteiger partial charge in [-0.25, -0.2) is 22.6 Å². The largest absolute Gasteiger partial charge is 0.444 e. The van der Waals surface area contributed by atoms with E-state index >= 15 is 0 Å². The van der Waals surface area contributed by atoms with E-state index < -0.39 is 56.4 Å². The summed E-state index contributed by atoms with van der Waals surface area (Å²) in [5.74, 6) is -0.908. The molecule has 0 radical (unpaired) electrons. The number of carbonyl (C=O) groups is 2. The lowest BCUT2D eigenvalue weighted by Gasteiger charge is -2.19. The van der Waals surface area contributed by atoms with E-state index in [1.807, 2.05) is 0 Å². The minimum absolute atomic E-state index is 0.0918. The number of halogens is 4. The molecule has 0 aliphatic heterocycles. The fraction of sp³-hybridized carbons (Fsp3) is 0.346. The van der Waals surface area contributed by atoms with E-state index in [0.29, 0.717) is 22.5 Å². The molecule has 1 aromatic carbocycles. The summed E-state index contributed by atoms with van der Waals surface area (Å²) >= 11 is 6.04. The zero-order valence-corrected chi connectivity index (χ0v) is 24.7. The van der Waals surface area contributed by atoms with Crippen LogP contribution in [-0.2, 0) is 45.2 Å². The summed E-state index contributed by atoms with van der Waals surface area (Å²) in [4.78, 5) is 40.4. The lowest BCUT2D eigenvalue weighted by molar-refractivity contribution is -0.139. The molecule has 0 saturated carbocycles. The smallest absolute Gasteiger partial charge is 0.417 e. The molecule has 0 saturated heterocycles. The van der Waals surface area contributed by atoms with Crippen LogP contribution in [0.4, 0.5) is 23.7 Å². The van der Waals surface area contributed by atoms with Crippen molar-refractivity contribution in [3.63, 3.8) is 0 Å². The monoisotopic (exact) mass is 644 g/mol. The molecular formula is C26H28ClF3N6O6S. The summed E-state index contributed by atoms with van der Waals surface area (Å²) in [6, 6.07) is 7.04. The number of anilines is 1. The normalized spacial score (nSPS) is 12.1. The molecule has 17 heteroatoms. The molecular weight excluding hydrogens is 617 g/mol. The van der Waals surface area contributed by atoms with Gasteiger partial charge in [-0.1, -0.05) is 17.7 Å². The number of hydrogen-bond acceptors (Lipinski definition) is 8. The number of benzene rings is 1. The van der Waals surface area contributed by atoms with Crippen molar-refractivity contribution in [2.45, 2.75) is 57.0 Å². The first kappa shape index (κ1) is 33.5. The molecule has 0 fully saturated rings. The molecule has 12 nitrogen and oxygen atoms in total. The van der Waals surface area contributed by atoms with Gasteiger partial charge in [0.1, 0.15) is 12.1 Å². The van der Waals surface area contributed by atoms with Gasteiger partial charge in [-0.2, -0.15) is 18.3 Å². The molecule has 0 atom stereocenters. The van der Waals surface area contributed by atoms with Gasteiger partial charge in [-0.05, 0) is 51.1 Å². The molecule has 2 amide bonds. The van der Waals surface area contributed by atoms with Gasteiger partial charge in [0.05, 0.1) is 33.8 Å². The van der Waals surface area contributed by atoms with E-state index in [9.17, 15) is 36.0 Å². The molecule has 232 valence electrons. The average Bonchev–Trinajstić information content (AvgIpc) is 2.89. The maximum Gasteiger partial charge on any atom is 0.417 e. The molecule has 0 aliphatic carbocycles. The maximum absolute atomic E-state index is 13.7. The summed E-state index contributed by atoms with van der Waals surface area (Å²) in [6.07, 6.45) is -3.15. The van der Waals surface area contributed by atoms with E-state index in [1.54, 1.807) is 39.0 Å². The van der Waals surface area contributed by atoms with Gasteiger partial charge in [0.2, 0.25) is 15.9 Å². The fourth-order valence-electron chi connectivity index (χ4n) is 3.59. The van der Waals surface area contributed by atoms with Crippen LogP contribution in [0.2, 0.25) is 5.02 Å². The van der Waals surface area contributed by atoms with Crippen molar-refractivity contribution in [2.24, 2.45) is 0 Å². The Balaban J connectivity index is 1.77. The van der Waals surface area contributed by atoms with Gasteiger partial charge in [0, 0.05) is 30.5 Å². The second kappa shape index (κ2) is 13.5. The first-order chi connectivity index (χ1) is 20.0. The minimum Gasteiger partial charge on any atom is -0.444 e. The Hall–Kier alpha value is -4.02. The van der Waals surface area contributed by atoms with E-state index in [4.69, 9.17) is 16.3 Å². The van der Waals surface area contributed by atoms with Crippen LogP contribution in [0.5, 0.6) is 0 Å². The van der Waals surface area contributed by atoms with Gasteiger partial charge in [0.25, 0.3) is 5.56 Å². The molecule has 2 aromatic heterocycles. The summed E-state index contributed by atoms with van der Waals surface area (Å²) in [5.41, 5.74) is -2.92. The van der Waals surface area contributed by atoms with Crippen molar-refractivity contribution in [2.75, 3.05) is 11.9 Å². The number of pyridine rings is 1. The van der Waals surface area contributed by atoms with Crippen LogP contribution in [0.15, 0.2) is 58.5 Å². The molecule has 3 aromatic rings. The molecule has 2 heterocycles. The van der Waals surface area contributed by atoms with E-state index in [2.05, 4.69) is 25.4 Å². The van der Waals surface area contributed by atoms with Crippen molar-refractivity contribution in [3.8, 4) is 0 Å². The highest BCUT2D eigenvalue weighted by Gasteiger charge is 2.37. The summed E-state index contributed by atoms with van der Waals surface area (Å²) in [5, 5.41) is 8.33. The second-order valence-corrected chi connectivity index (χ2v) is 12.2. The molecule has 0 aliphatic rings. The predicted octanol–water partition coefficient (Wildman–Crippen LogP) is 3.49. The summed E-state index contributed by atoms with van der Waals surface area (Å²) in [7, 11) is -4.68. The molecule has 3 N–H and O–H groups in total. The van der Waals surface area contributed by atoms with E-state index in [1.165, 1.54) is 6.20 Å². The number of rotatable bonds is 10. The number of alkyl carbamates (subject to hydrolysis) is 1. The van der Waals surface area contributed by atoms with E-state index in [-0.39, 0.29) is 35.8 Å². The third kappa shape index (κ3) is 9.76. The number of hydrogen-bond donors (Lipinski definition) is 3. The van der Waals surface area contributed by atoms with Crippen LogP contribution in [0, 0.1) is 0 Å². The Morgan fingerprint density at radius 3 is 2.47 bits per heavy atom. The predicted molar refractivity (Wildman–Crippen MR) is 150 cm³/mol. The van der Waals surface area contributed by atoms with Crippen LogP contribution in [-0.4, -0.2) is 47.3 Å². The molecule has 43 heavy (non-hydrogen) atoms. The Morgan fingerprint density at radius 1 is 1.12 bits per heavy atom. The lowest BCUT2D eigenvalue weighted by Crippen LogP contribution is -2.36. The van der Waals surface area contributed by atoms with Gasteiger partial charge in [-0.15, -0.1) is 0 Å². The zero-order valence-electron chi connectivity index (χ0n) is 23.2. The number of nitrogens with one attached hydrogen (secondary N) is 3. The van der Waals surface area contributed by atoms with Crippen molar-refractivity contribution in [1.29, 1.82) is 0 Å². The Kier molecular flexibility index (Phi) is 10.5. The van der Waals surface area contributed by atoms with E-state index in [0.717, 1.165) is 12.3 Å². The Labute approximate surface area is 249 Å². The first-order valence-electron chi connectivity index (χ1n) is 12.6. The lowest BCUT2D eigenvalue weighted by atomic mass is 10.2. The third-order valence-electron chi connectivity index (χ3n) is 5.45. The van der Waals surface area contributed by atoms with Gasteiger partial charge >= 0.3 is 12.3 Å². The zero-order chi connectivity index (χ0) is 32.0. The van der Waals surface area contributed by atoms with Crippen molar-refractivity contribution in [1.82, 2.24) is 24.8 Å². The number of ether oxygens (including phenoxy) is 1. The number of alkyl halides is 3. The van der Waals surface area contributed by atoms with Crippen LogP contribution < -0.4 is 20.9 Å². The van der Waals surface area contributed by atoms with Crippen LogP contribution in [0.25, 0.3) is 0 Å². The molecule has 0 spiro atoms. The third-order valence-corrected chi connectivity index (χ3v) is 7.28. The van der Waals surface area contributed by atoms with Crippen molar-refractivity contribution in [3.05, 3.63) is 81.0 Å². The quantitative estimate of drug-likeness (QED) is 0.302. The minimum atomic E-state index is -5.02. The number of carbonyl (C=O) groups excluding carboxylic acids is 2. The summed E-state index contributed by atoms with van der Waals surface area (Å²) < 4.78 is 74.7. The number of aromatic nitrogens is 3. The first-order valence-corrected chi connectivity index (χ1v) is 14.4. The maximum atomic E-state index is 13.7. The fourth-order valence-corrected chi connectivity index (χ4v) is 5.06. The Morgan fingerprint density at radius 2 is 1.84 bits per heavy atom. The second-order valence-electron chi connectivity index (χ2n) is 10.0. The van der Waals surface area contributed by atoms with Gasteiger partial charge in [-0.3, -0.25) is 14.6 Å². The molecule has 0 bridgehead atoms. The van der Waals surface area contributed by atoms with Gasteiger partial charge in [0.15, 0.2) is 0 Å². The highest BCUT2D eigenvalue weighted by Crippen LogP contribution is 2.35. The summed E-state index contributed by atoms with van der Waals surface area (Å²) in [6.45, 7) is 3.65. The standard InChI is InChI=1S/C26H28ClF3N6O6S/c1-25(2,3)42-24(39)32-13-18-20(27)14-33-36(23(18)38)15-22(37)35-17-7-8-19(26(28,29)30)21(12-17)43(40,41)34-11-9-16-6-4-5-10-31-16/h4-8,10,12,14,34H,9,11,13,15H2,1-3H3,(H,32,39)(H,35,37). The molecule has 0 unspecified atom stereocenters. The van der Waals surface area contributed by atoms with Gasteiger partial charge < -0.3 is 15.4 Å². The highest BCUT2D eigenvalue weighted by molar-refractivity contribution is 7.89. The van der Waals surface area contributed by atoms with Crippen LogP contribution in [0.1, 0.15) is 37.6 Å². The van der Waals surface area contributed by atoms with Crippen LogP contribution >= 0.6 is 11.6 Å². The number of amides is 2. The average molecular weight is 645 g/mol. The molecule has 3 rings (SSSR count).